The maximum Gasteiger partial charge on any atom is 0.246 e. The molecule has 4 rings (SSSR count). The summed E-state index contributed by atoms with van der Waals surface area (Å²) in [5.74, 6) is 1.32. The first-order valence-corrected chi connectivity index (χ1v) is 12.7. The largest absolute Gasteiger partial charge is 0.502 e. The van der Waals surface area contributed by atoms with Crippen LogP contribution in [-0.4, -0.2) is 105 Å². The van der Waals surface area contributed by atoms with Crippen LogP contribution >= 0.6 is 0 Å². The number of aliphatic hydroxyl groups excluding tert-OH is 1. The van der Waals surface area contributed by atoms with E-state index in [4.69, 9.17) is 23.7 Å². The van der Waals surface area contributed by atoms with Crippen molar-refractivity contribution in [2.24, 2.45) is 0 Å². The van der Waals surface area contributed by atoms with Crippen molar-refractivity contribution in [2.45, 2.75) is 13.0 Å². The summed E-state index contributed by atoms with van der Waals surface area (Å²) < 4.78 is 27.4. The molecule has 1 amide bonds. The van der Waals surface area contributed by atoms with Gasteiger partial charge in [0.1, 0.15) is 25.9 Å². The van der Waals surface area contributed by atoms with E-state index in [9.17, 15) is 19.8 Å². The number of carbonyl (C=O) groups is 2. The van der Waals surface area contributed by atoms with E-state index in [0.717, 1.165) is 0 Å². The summed E-state index contributed by atoms with van der Waals surface area (Å²) in [6.07, 6.45) is 2.36. The van der Waals surface area contributed by atoms with Gasteiger partial charge in [0.05, 0.1) is 19.8 Å². The number of phenolic OH excluding ortho intramolecular Hbond substituents is 1. The Balaban J connectivity index is 1.26. The van der Waals surface area contributed by atoms with Crippen LogP contribution in [-0.2, 0) is 4.79 Å². The average molecular weight is 543 g/mol. The maximum absolute atomic E-state index is 12.7. The Bertz CT molecular complexity index is 1200. The molecule has 2 aromatic carbocycles. The van der Waals surface area contributed by atoms with Crippen LogP contribution in [0.5, 0.6) is 34.5 Å². The van der Waals surface area contributed by atoms with Gasteiger partial charge in [-0.15, -0.1) is 0 Å². The Labute approximate surface area is 227 Å². The standard InChI is InChI=1S/C28H34N2O9/c1-18(31)21-5-6-22(28-27(21)37-12-13-38-28)39-17-20(32)16-29-8-10-30(11-9-29)25(33)7-4-19-14-23(35-2)26(34)24(15-19)36-3/h4-7,14-15,20,32,34H,8-13,16-17H2,1-3H3. The summed E-state index contributed by atoms with van der Waals surface area (Å²) in [6, 6.07) is 6.53. The van der Waals surface area contributed by atoms with E-state index in [0.29, 0.717) is 74.3 Å². The lowest BCUT2D eigenvalue weighted by atomic mass is 10.1. The summed E-state index contributed by atoms with van der Waals surface area (Å²) in [6.45, 7) is 4.84. The fourth-order valence-electron chi connectivity index (χ4n) is 4.47. The third-order valence-corrected chi connectivity index (χ3v) is 6.54. The Morgan fingerprint density at radius 3 is 2.26 bits per heavy atom. The molecule has 0 bridgehead atoms. The van der Waals surface area contributed by atoms with E-state index in [-0.39, 0.29) is 35.5 Å². The summed E-state index contributed by atoms with van der Waals surface area (Å²) >= 11 is 0. The Kier molecular flexibility index (Phi) is 9.15. The minimum Gasteiger partial charge on any atom is -0.502 e. The van der Waals surface area contributed by atoms with Crippen molar-refractivity contribution >= 4 is 17.8 Å². The molecule has 0 aliphatic carbocycles. The number of rotatable bonds is 10. The highest BCUT2D eigenvalue weighted by molar-refractivity contribution is 5.98. The molecule has 39 heavy (non-hydrogen) atoms. The second-order valence-corrected chi connectivity index (χ2v) is 9.22. The monoisotopic (exact) mass is 542 g/mol. The molecule has 1 saturated heterocycles. The Morgan fingerprint density at radius 1 is 1.00 bits per heavy atom. The highest BCUT2D eigenvalue weighted by atomic mass is 16.6. The quantitative estimate of drug-likeness (QED) is 0.340. The van der Waals surface area contributed by atoms with Crippen molar-refractivity contribution in [1.82, 2.24) is 9.80 Å². The van der Waals surface area contributed by atoms with Gasteiger partial charge >= 0.3 is 0 Å². The molecular formula is C28H34N2O9. The van der Waals surface area contributed by atoms with Crippen molar-refractivity contribution < 1.29 is 43.5 Å². The van der Waals surface area contributed by atoms with Crippen LogP contribution in [0.4, 0.5) is 0 Å². The predicted octanol–water partition coefficient (Wildman–Crippen LogP) is 1.98. The van der Waals surface area contributed by atoms with Crippen LogP contribution in [0.1, 0.15) is 22.8 Å². The molecule has 11 heteroatoms. The number of hydrogen-bond donors (Lipinski definition) is 2. The smallest absolute Gasteiger partial charge is 0.246 e. The number of piperazine rings is 1. The number of carbonyl (C=O) groups excluding carboxylic acids is 2. The van der Waals surface area contributed by atoms with Gasteiger partial charge in [-0.25, -0.2) is 0 Å². The fraction of sp³-hybridized carbons (Fsp3) is 0.429. The number of aromatic hydroxyl groups is 1. The van der Waals surface area contributed by atoms with Crippen molar-refractivity contribution in [3.05, 3.63) is 41.5 Å². The Hall–Kier alpha value is -3.96. The number of Topliss-reactive ketones (excluding diaryl/α,β-unsaturated/α-hetero) is 1. The molecular weight excluding hydrogens is 508 g/mol. The molecule has 11 nitrogen and oxygen atoms in total. The molecule has 0 radical (unpaired) electrons. The number of ketones is 1. The van der Waals surface area contributed by atoms with E-state index in [1.54, 1.807) is 35.2 Å². The van der Waals surface area contributed by atoms with Crippen molar-refractivity contribution in [3.63, 3.8) is 0 Å². The van der Waals surface area contributed by atoms with Gasteiger partial charge in [0.2, 0.25) is 17.4 Å². The van der Waals surface area contributed by atoms with Crippen LogP contribution in [0.25, 0.3) is 6.08 Å². The van der Waals surface area contributed by atoms with Gasteiger partial charge in [0.15, 0.2) is 28.8 Å². The van der Waals surface area contributed by atoms with Gasteiger partial charge in [-0.05, 0) is 42.8 Å². The molecule has 210 valence electrons. The lowest BCUT2D eigenvalue weighted by Gasteiger charge is -2.35. The number of methoxy groups -OCH3 is 2. The van der Waals surface area contributed by atoms with Gasteiger partial charge in [0, 0.05) is 38.8 Å². The first-order chi connectivity index (χ1) is 18.8. The molecule has 0 spiro atoms. The zero-order valence-corrected chi connectivity index (χ0v) is 22.3. The van der Waals surface area contributed by atoms with E-state index in [2.05, 4.69) is 4.90 Å². The van der Waals surface area contributed by atoms with Crippen molar-refractivity contribution in [3.8, 4) is 34.5 Å². The number of amides is 1. The summed E-state index contributed by atoms with van der Waals surface area (Å²) in [7, 11) is 2.89. The number of phenols is 1. The van der Waals surface area contributed by atoms with E-state index in [1.807, 2.05) is 0 Å². The van der Waals surface area contributed by atoms with Gasteiger partial charge in [-0.3, -0.25) is 14.5 Å². The third-order valence-electron chi connectivity index (χ3n) is 6.54. The van der Waals surface area contributed by atoms with E-state index in [1.165, 1.54) is 27.2 Å². The topological polar surface area (TPSA) is 127 Å². The minimum absolute atomic E-state index is 0.0383. The summed E-state index contributed by atoms with van der Waals surface area (Å²) in [4.78, 5) is 28.4. The molecule has 0 saturated carbocycles. The molecule has 1 unspecified atom stereocenters. The normalized spacial score (nSPS) is 16.2. The van der Waals surface area contributed by atoms with Gasteiger partial charge in [0.25, 0.3) is 0 Å². The number of β-amino-alcohol motifs (C(OH)–C–C–N with tert-alkyl or cyclic N) is 1. The first-order valence-electron chi connectivity index (χ1n) is 12.7. The van der Waals surface area contributed by atoms with Gasteiger partial charge in [-0.2, -0.15) is 0 Å². The number of aliphatic hydroxyl groups is 1. The summed E-state index contributed by atoms with van der Waals surface area (Å²) in [5.41, 5.74) is 1.09. The van der Waals surface area contributed by atoms with Crippen molar-refractivity contribution in [2.75, 3.05) is 66.8 Å². The van der Waals surface area contributed by atoms with E-state index >= 15 is 0 Å². The van der Waals surface area contributed by atoms with Gasteiger partial charge in [-0.1, -0.05) is 0 Å². The lowest BCUT2D eigenvalue weighted by Crippen LogP contribution is -2.50. The molecule has 2 heterocycles. The number of fused-ring (bicyclic) bond motifs is 1. The first kappa shape index (κ1) is 28.1. The number of ether oxygens (including phenoxy) is 5. The van der Waals surface area contributed by atoms with Crippen LogP contribution < -0.4 is 23.7 Å². The van der Waals surface area contributed by atoms with Crippen LogP contribution in [0, 0.1) is 0 Å². The molecule has 2 N–H and O–H groups in total. The number of nitrogens with zero attached hydrogens (tertiary/aromatic N) is 2. The van der Waals surface area contributed by atoms with Crippen molar-refractivity contribution in [1.29, 1.82) is 0 Å². The maximum atomic E-state index is 12.7. The number of benzene rings is 2. The average Bonchev–Trinajstić information content (AvgIpc) is 2.95. The summed E-state index contributed by atoms with van der Waals surface area (Å²) in [5, 5.41) is 20.6. The second-order valence-electron chi connectivity index (χ2n) is 9.22. The molecule has 1 fully saturated rings. The molecule has 0 aromatic heterocycles. The van der Waals surface area contributed by atoms with E-state index < -0.39 is 6.10 Å². The lowest BCUT2D eigenvalue weighted by molar-refractivity contribution is -0.127. The van der Waals surface area contributed by atoms with Gasteiger partial charge < -0.3 is 38.8 Å². The highest BCUT2D eigenvalue weighted by Crippen LogP contribution is 2.42. The van der Waals surface area contributed by atoms with Crippen LogP contribution in [0.3, 0.4) is 0 Å². The zero-order valence-electron chi connectivity index (χ0n) is 22.3. The number of hydrogen-bond acceptors (Lipinski definition) is 10. The van der Waals surface area contributed by atoms with Crippen LogP contribution in [0.2, 0.25) is 0 Å². The predicted molar refractivity (Wildman–Crippen MR) is 142 cm³/mol. The molecule has 2 aliphatic rings. The Morgan fingerprint density at radius 2 is 1.64 bits per heavy atom. The molecule has 2 aliphatic heterocycles. The highest BCUT2D eigenvalue weighted by Gasteiger charge is 2.25. The zero-order chi connectivity index (χ0) is 27.9. The minimum atomic E-state index is -0.765. The third kappa shape index (κ3) is 6.73. The molecule has 2 aromatic rings. The van der Waals surface area contributed by atoms with Crippen LogP contribution in [0.15, 0.2) is 30.3 Å². The molecule has 1 atom stereocenters. The fourth-order valence-corrected chi connectivity index (χ4v) is 4.47. The second kappa shape index (κ2) is 12.7. The SMILES string of the molecule is COc1cc(C=CC(=O)N2CCN(CC(O)COc3ccc(C(C)=O)c4c3OCCO4)CC2)cc(OC)c1O.